The van der Waals surface area contributed by atoms with Crippen molar-refractivity contribution in [3.8, 4) is 0 Å². The third kappa shape index (κ3) is 3.16. The molecule has 2 heterocycles. The summed E-state index contributed by atoms with van der Waals surface area (Å²) in [6.07, 6.45) is 2.72. The number of sulfonamides is 1. The van der Waals surface area contributed by atoms with E-state index in [4.69, 9.17) is 0 Å². The molecule has 2 aromatic rings. The Balaban J connectivity index is 1.74. The van der Waals surface area contributed by atoms with Crippen molar-refractivity contribution in [3.05, 3.63) is 45.4 Å². The minimum absolute atomic E-state index is 0.238. The molecule has 1 aliphatic rings. The SMILES string of the molecule is CCc1cnc(CNS(=O)(=O)c2ccc3c(c2)CNC3)s1. The van der Waals surface area contributed by atoms with Crippen LogP contribution in [0.4, 0.5) is 0 Å². The summed E-state index contributed by atoms with van der Waals surface area (Å²) in [5.41, 5.74) is 2.22. The Morgan fingerprint density at radius 1 is 1.33 bits per heavy atom. The van der Waals surface area contributed by atoms with Gasteiger partial charge in [-0.2, -0.15) is 0 Å². The number of hydrogen-bond donors (Lipinski definition) is 2. The topological polar surface area (TPSA) is 71.1 Å². The van der Waals surface area contributed by atoms with E-state index in [0.717, 1.165) is 35.0 Å². The maximum Gasteiger partial charge on any atom is 0.240 e. The van der Waals surface area contributed by atoms with Crippen LogP contribution in [0.1, 0.15) is 27.9 Å². The first-order valence-corrected chi connectivity index (χ1v) is 9.14. The van der Waals surface area contributed by atoms with Crippen LogP contribution in [-0.2, 0) is 36.1 Å². The lowest BCUT2D eigenvalue weighted by Crippen LogP contribution is -2.23. The quantitative estimate of drug-likeness (QED) is 0.880. The van der Waals surface area contributed by atoms with Gasteiger partial charge in [-0.1, -0.05) is 13.0 Å². The zero-order valence-electron chi connectivity index (χ0n) is 11.7. The van der Waals surface area contributed by atoms with E-state index >= 15 is 0 Å². The molecule has 0 fully saturated rings. The van der Waals surface area contributed by atoms with Gasteiger partial charge in [0, 0.05) is 24.2 Å². The molecular weight excluding hydrogens is 306 g/mol. The smallest absolute Gasteiger partial charge is 0.240 e. The molecule has 0 bridgehead atoms. The second-order valence-electron chi connectivity index (χ2n) is 4.93. The highest BCUT2D eigenvalue weighted by atomic mass is 32.2. The number of fused-ring (bicyclic) bond motifs is 1. The summed E-state index contributed by atoms with van der Waals surface area (Å²) in [6, 6.07) is 5.28. The molecule has 1 aliphatic heterocycles. The summed E-state index contributed by atoms with van der Waals surface area (Å²) < 4.78 is 27.3. The van der Waals surface area contributed by atoms with Gasteiger partial charge in [0.05, 0.1) is 11.4 Å². The largest absolute Gasteiger partial charge is 0.309 e. The molecule has 1 aromatic heterocycles. The fraction of sp³-hybridized carbons (Fsp3) is 0.357. The molecule has 0 radical (unpaired) electrons. The molecule has 5 nitrogen and oxygen atoms in total. The van der Waals surface area contributed by atoms with Gasteiger partial charge in [0.25, 0.3) is 0 Å². The molecular formula is C14H17N3O2S2. The third-order valence-electron chi connectivity index (χ3n) is 3.48. The standard InChI is InChI=1S/C14H17N3O2S2/c1-2-12-8-16-14(20-12)9-17-21(18,19)13-4-3-10-6-15-7-11(10)5-13/h3-5,8,15,17H,2,6-7,9H2,1H3. The van der Waals surface area contributed by atoms with Crippen molar-refractivity contribution in [1.82, 2.24) is 15.0 Å². The molecule has 0 atom stereocenters. The summed E-state index contributed by atoms with van der Waals surface area (Å²) in [7, 11) is -3.49. The fourth-order valence-corrected chi connectivity index (χ4v) is 4.20. The lowest BCUT2D eigenvalue weighted by atomic mass is 10.1. The van der Waals surface area contributed by atoms with E-state index in [1.165, 1.54) is 5.56 Å². The van der Waals surface area contributed by atoms with Gasteiger partial charge >= 0.3 is 0 Å². The monoisotopic (exact) mass is 323 g/mol. The molecule has 112 valence electrons. The van der Waals surface area contributed by atoms with Crippen LogP contribution < -0.4 is 10.0 Å². The first-order chi connectivity index (χ1) is 10.1. The predicted octanol–water partition coefficient (Wildman–Crippen LogP) is 1.79. The Hall–Kier alpha value is -1.28. The average Bonchev–Trinajstić information content (AvgIpc) is 3.13. The first-order valence-electron chi connectivity index (χ1n) is 6.84. The third-order valence-corrected chi connectivity index (χ3v) is 6.02. The molecule has 7 heteroatoms. The maximum absolute atomic E-state index is 12.3. The van der Waals surface area contributed by atoms with Crippen molar-refractivity contribution in [1.29, 1.82) is 0 Å². The van der Waals surface area contributed by atoms with Crippen molar-refractivity contribution < 1.29 is 8.42 Å². The zero-order valence-corrected chi connectivity index (χ0v) is 13.4. The Morgan fingerprint density at radius 2 is 2.14 bits per heavy atom. The normalized spacial score (nSPS) is 14.3. The maximum atomic E-state index is 12.3. The molecule has 1 aromatic carbocycles. The highest BCUT2D eigenvalue weighted by Gasteiger charge is 2.18. The van der Waals surface area contributed by atoms with Crippen LogP contribution in [0.15, 0.2) is 29.3 Å². The number of hydrogen-bond acceptors (Lipinski definition) is 5. The number of aryl methyl sites for hydroxylation is 1. The first kappa shape index (κ1) is 14.6. The van der Waals surface area contributed by atoms with E-state index in [1.54, 1.807) is 29.7 Å². The van der Waals surface area contributed by atoms with Gasteiger partial charge in [-0.25, -0.2) is 18.1 Å². The van der Waals surface area contributed by atoms with Gasteiger partial charge in [-0.3, -0.25) is 0 Å². The zero-order chi connectivity index (χ0) is 14.9. The molecule has 3 rings (SSSR count). The molecule has 0 unspecified atom stereocenters. The van der Waals surface area contributed by atoms with Gasteiger partial charge in [0.2, 0.25) is 10.0 Å². The average molecular weight is 323 g/mol. The number of benzene rings is 1. The minimum Gasteiger partial charge on any atom is -0.309 e. The van der Waals surface area contributed by atoms with Crippen molar-refractivity contribution in [2.75, 3.05) is 0 Å². The molecule has 0 spiro atoms. The van der Waals surface area contributed by atoms with Crippen LogP contribution in [0.2, 0.25) is 0 Å². The molecule has 0 saturated carbocycles. The van der Waals surface area contributed by atoms with Gasteiger partial charge < -0.3 is 5.32 Å². The van der Waals surface area contributed by atoms with E-state index in [2.05, 4.69) is 21.9 Å². The number of nitrogens with zero attached hydrogens (tertiary/aromatic N) is 1. The molecule has 2 N–H and O–H groups in total. The van der Waals surface area contributed by atoms with Crippen LogP contribution >= 0.6 is 11.3 Å². The number of nitrogens with one attached hydrogen (secondary N) is 2. The molecule has 0 aliphatic carbocycles. The summed E-state index contributed by atoms with van der Waals surface area (Å²) in [5.74, 6) is 0. The van der Waals surface area contributed by atoms with Gasteiger partial charge in [0.15, 0.2) is 0 Å². The summed E-state index contributed by atoms with van der Waals surface area (Å²) in [4.78, 5) is 5.70. The lowest BCUT2D eigenvalue weighted by Gasteiger charge is -2.07. The highest BCUT2D eigenvalue weighted by molar-refractivity contribution is 7.89. The van der Waals surface area contributed by atoms with E-state index < -0.39 is 10.0 Å². The molecule has 21 heavy (non-hydrogen) atoms. The van der Waals surface area contributed by atoms with Crippen LogP contribution in [0.3, 0.4) is 0 Å². The van der Waals surface area contributed by atoms with Crippen LogP contribution in [-0.4, -0.2) is 13.4 Å². The van der Waals surface area contributed by atoms with E-state index in [0.29, 0.717) is 4.90 Å². The molecule has 0 amide bonds. The van der Waals surface area contributed by atoms with Crippen molar-refractivity contribution in [3.63, 3.8) is 0 Å². The Bertz CT molecular complexity index is 753. The summed E-state index contributed by atoms with van der Waals surface area (Å²) >= 11 is 1.54. The minimum atomic E-state index is -3.49. The Morgan fingerprint density at radius 3 is 2.90 bits per heavy atom. The highest BCUT2D eigenvalue weighted by Crippen LogP contribution is 2.20. The van der Waals surface area contributed by atoms with Gasteiger partial charge in [-0.15, -0.1) is 11.3 Å². The van der Waals surface area contributed by atoms with Crippen LogP contribution in [0, 0.1) is 0 Å². The summed E-state index contributed by atoms with van der Waals surface area (Å²) in [5, 5.41) is 4.00. The van der Waals surface area contributed by atoms with E-state index in [-0.39, 0.29) is 6.54 Å². The van der Waals surface area contributed by atoms with Crippen molar-refractivity contribution >= 4 is 21.4 Å². The van der Waals surface area contributed by atoms with Crippen molar-refractivity contribution in [2.24, 2.45) is 0 Å². The van der Waals surface area contributed by atoms with Crippen LogP contribution in [0.25, 0.3) is 0 Å². The second-order valence-corrected chi connectivity index (χ2v) is 7.90. The van der Waals surface area contributed by atoms with Gasteiger partial charge in [0.1, 0.15) is 5.01 Å². The number of aromatic nitrogens is 1. The Labute approximate surface area is 128 Å². The van der Waals surface area contributed by atoms with E-state index in [1.807, 2.05) is 6.07 Å². The number of thiazole rings is 1. The second kappa shape index (κ2) is 5.84. The van der Waals surface area contributed by atoms with Crippen molar-refractivity contribution in [2.45, 2.75) is 37.9 Å². The van der Waals surface area contributed by atoms with Crippen LogP contribution in [0.5, 0.6) is 0 Å². The Kier molecular flexibility index (Phi) is 4.08. The molecule has 0 saturated heterocycles. The fourth-order valence-electron chi connectivity index (χ4n) is 2.27. The number of rotatable bonds is 5. The summed E-state index contributed by atoms with van der Waals surface area (Å²) in [6.45, 7) is 3.83. The predicted molar refractivity (Wildman–Crippen MR) is 82.5 cm³/mol. The lowest BCUT2D eigenvalue weighted by molar-refractivity contribution is 0.581. The van der Waals surface area contributed by atoms with E-state index in [9.17, 15) is 8.42 Å². The van der Waals surface area contributed by atoms with Gasteiger partial charge in [-0.05, 0) is 29.7 Å².